The number of benzene rings is 1. The van der Waals surface area contributed by atoms with E-state index < -0.39 is 28.6 Å². The molecule has 0 aliphatic rings. The minimum Gasteiger partial charge on any atom is -0.493 e. The Morgan fingerprint density at radius 1 is 1.35 bits per heavy atom. The van der Waals surface area contributed by atoms with Crippen LogP contribution in [0.15, 0.2) is 33.9 Å². The Kier molecular flexibility index (Phi) is 5.00. The Hall–Kier alpha value is -2.83. The molecule has 1 heterocycles. The first-order valence-corrected chi connectivity index (χ1v) is 7.39. The highest BCUT2D eigenvalue weighted by atomic mass is 16.3. The maximum absolute atomic E-state index is 12.1. The third-order valence-corrected chi connectivity index (χ3v) is 3.39. The fourth-order valence-electron chi connectivity index (χ4n) is 2.20. The first-order valence-electron chi connectivity index (χ1n) is 7.39. The van der Waals surface area contributed by atoms with E-state index in [2.05, 4.69) is 10.3 Å². The van der Waals surface area contributed by atoms with Crippen LogP contribution in [-0.2, 0) is 0 Å². The minimum absolute atomic E-state index is 0.367. The molecule has 3 N–H and O–H groups in total. The summed E-state index contributed by atoms with van der Waals surface area (Å²) in [5.74, 6) is -1.38. The van der Waals surface area contributed by atoms with Crippen LogP contribution < -0.4 is 16.6 Å². The van der Waals surface area contributed by atoms with E-state index >= 15 is 0 Å². The summed E-state index contributed by atoms with van der Waals surface area (Å²) in [6, 6.07) is 6.81. The average molecular weight is 317 g/mol. The van der Waals surface area contributed by atoms with Crippen molar-refractivity contribution in [1.29, 1.82) is 0 Å². The smallest absolute Gasteiger partial charge is 0.335 e. The van der Waals surface area contributed by atoms with E-state index in [0.29, 0.717) is 12.2 Å². The van der Waals surface area contributed by atoms with Crippen LogP contribution in [0.1, 0.15) is 35.7 Å². The van der Waals surface area contributed by atoms with E-state index in [1.54, 1.807) is 18.2 Å². The van der Waals surface area contributed by atoms with Gasteiger partial charge in [0, 0.05) is 6.54 Å². The van der Waals surface area contributed by atoms with Gasteiger partial charge in [-0.3, -0.25) is 14.6 Å². The number of H-pyrrole nitrogens is 1. The molecular formula is C16H19N3O4. The first kappa shape index (κ1) is 16.5. The number of amides is 1. The number of hydrogen-bond acceptors (Lipinski definition) is 4. The van der Waals surface area contributed by atoms with E-state index in [-0.39, 0.29) is 0 Å². The Balaban J connectivity index is 2.54. The van der Waals surface area contributed by atoms with Crippen LogP contribution in [0.3, 0.4) is 0 Å². The van der Waals surface area contributed by atoms with Crippen molar-refractivity contribution in [1.82, 2.24) is 14.9 Å². The molecule has 122 valence electrons. The number of aromatic hydroxyl groups is 1. The van der Waals surface area contributed by atoms with E-state index in [9.17, 15) is 19.5 Å². The SMILES string of the molecule is CCCCNC(=O)c1c(O)n(-c2cccc(C)c2)c(=O)[nH]c1=O. The first-order chi connectivity index (χ1) is 11.0. The van der Waals surface area contributed by atoms with E-state index in [0.717, 1.165) is 23.0 Å². The lowest BCUT2D eigenvalue weighted by atomic mass is 10.2. The standard InChI is InChI=1S/C16H19N3O4/c1-3-4-8-17-13(20)12-14(21)18-16(23)19(15(12)22)11-7-5-6-10(2)9-11/h5-7,9,22H,3-4,8H2,1-2H3,(H,17,20)(H,18,21,23). The van der Waals surface area contributed by atoms with Gasteiger partial charge in [-0.25, -0.2) is 9.36 Å². The van der Waals surface area contributed by atoms with Gasteiger partial charge in [0.25, 0.3) is 11.5 Å². The summed E-state index contributed by atoms with van der Waals surface area (Å²) >= 11 is 0. The molecule has 2 rings (SSSR count). The van der Waals surface area contributed by atoms with Crippen LogP contribution in [0.25, 0.3) is 5.69 Å². The van der Waals surface area contributed by atoms with E-state index in [1.165, 1.54) is 0 Å². The normalized spacial score (nSPS) is 10.5. The number of unbranched alkanes of at least 4 members (excludes halogenated alkanes) is 1. The lowest BCUT2D eigenvalue weighted by molar-refractivity contribution is 0.0947. The van der Waals surface area contributed by atoms with Gasteiger partial charge in [-0.2, -0.15) is 0 Å². The number of aryl methyl sites for hydroxylation is 1. The average Bonchev–Trinajstić information content (AvgIpc) is 2.47. The molecule has 0 fully saturated rings. The van der Waals surface area contributed by atoms with Crippen LogP contribution in [0.5, 0.6) is 5.88 Å². The van der Waals surface area contributed by atoms with Crippen LogP contribution in [0.4, 0.5) is 0 Å². The number of rotatable bonds is 5. The van der Waals surface area contributed by atoms with Gasteiger partial charge in [-0.05, 0) is 31.0 Å². The summed E-state index contributed by atoms with van der Waals surface area (Å²) in [7, 11) is 0. The second-order valence-corrected chi connectivity index (χ2v) is 5.24. The summed E-state index contributed by atoms with van der Waals surface area (Å²) in [4.78, 5) is 38.1. The summed E-state index contributed by atoms with van der Waals surface area (Å²) in [5, 5.41) is 12.9. The zero-order valence-corrected chi connectivity index (χ0v) is 13.0. The van der Waals surface area contributed by atoms with E-state index in [1.807, 2.05) is 19.9 Å². The molecule has 0 spiro atoms. The van der Waals surface area contributed by atoms with Gasteiger partial charge in [0.1, 0.15) is 0 Å². The van der Waals surface area contributed by atoms with E-state index in [4.69, 9.17) is 0 Å². The number of aromatic nitrogens is 2. The molecule has 0 aliphatic carbocycles. The maximum atomic E-state index is 12.1. The van der Waals surface area contributed by atoms with Crippen LogP contribution in [-0.4, -0.2) is 27.1 Å². The molecule has 0 unspecified atom stereocenters. The maximum Gasteiger partial charge on any atom is 0.335 e. The Bertz CT molecular complexity index is 836. The fraction of sp³-hybridized carbons (Fsp3) is 0.312. The molecule has 1 aromatic heterocycles. The predicted octanol–water partition coefficient (Wildman–Crippen LogP) is 1.07. The van der Waals surface area contributed by atoms with Gasteiger partial charge in [-0.1, -0.05) is 25.5 Å². The van der Waals surface area contributed by atoms with Crippen molar-refractivity contribution >= 4 is 5.91 Å². The molecule has 0 saturated heterocycles. The number of carbonyl (C=O) groups excluding carboxylic acids is 1. The third kappa shape index (κ3) is 3.50. The van der Waals surface area contributed by atoms with Crippen LogP contribution in [0.2, 0.25) is 0 Å². The molecule has 23 heavy (non-hydrogen) atoms. The topological polar surface area (TPSA) is 104 Å². The van der Waals surface area contributed by atoms with Crippen molar-refractivity contribution in [2.24, 2.45) is 0 Å². The van der Waals surface area contributed by atoms with Gasteiger partial charge in [0.2, 0.25) is 5.88 Å². The van der Waals surface area contributed by atoms with Crippen molar-refractivity contribution in [3.63, 3.8) is 0 Å². The highest BCUT2D eigenvalue weighted by Gasteiger charge is 2.21. The summed E-state index contributed by atoms with van der Waals surface area (Å²) in [6.07, 6.45) is 1.63. The van der Waals surface area contributed by atoms with Gasteiger partial charge in [-0.15, -0.1) is 0 Å². The Morgan fingerprint density at radius 2 is 2.09 bits per heavy atom. The van der Waals surface area contributed by atoms with Gasteiger partial charge in [0.05, 0.1) is 5.69 Å². The molecule has 0 aliphatic heterocycles. The second kappa shape index (κ2) is 6.95. The molecule has 1 aromatic carbocycles. The van der Waals surface area contributed by atoms with Crippen molar-refractivity contribution in [3.05, 3.63) is 56.2 Å². The molecular weight excluding hydrogens is 298 g/mol. The molecule has 0 atom stereocenters. The van der Waals surface area contributed by atoms with Crippen molar-refractivity contribution < 1.29 is 9.90 Å². The fourth-order valence-corrected chi connectivity index (χ4v) is 2.20. The minimum atomic E-state index is -0.912. The van der Waals surface area contributed by atoms with Gasteiger partial charge in [0.15, 0.2) is 5.56 Å². The molecule has 0 bridgehead atoms. The monoisotopic (exact) mass is 317 g/mol. The zero-order chi connectivity index (χ0) is 17.0. The lowest BCUT2D eigenvalue weighted by Gasteiger charge is -2.12. The van der Waals surface area contributed by atoms with Crippen molar-refractivity contribution in [2.45, 2.75) is 26.7 Å². The number of nitrogens with one attached hydrogen (secondary N) is 2. The quantitative estimate of drug-likeness (QED) is 0.717. The summed E-state index contributed by atoms with van der Waals surface area (Å²) in [5.41, 5.74) is -0.948. The number of hydrogen-bond donors (Lipinski definition) is 3. The van der Waals surface area contributed by atoms with Crippen molar-refractivity contribution in [3.8, 4) is 11.6 Å². The molecule has 0 radical (unpaired) electrons. The molecule has 2 aromatic rings. The summed E-state index contributed by atoms with van der Waals surface area (Å²) < 4.78 is 0.906. The summed E-state index contributed by atoms with van der Waals surface area (Å²) in [6.45, 7) is 4.18. The zero-order valence-electron chi connectivity index (χ0n) is 13.0. The number of aromatic amines is 1. The Morgan fingerprint density at radius 3 is 2.74 bits per heavy atom. The largest absolute Gasteiger partial charge is 0.493 e. The highest BCUT2D eigenvalue weighted by molar-refractivity contribution is 5.96. The number of carbonyl (C=O) groups is 1. The Labute approximate surface area is 132 Å². The molecule has 1 amide bonds. The second-order valence-electron chi connectivity index (χ2n) is 5.24. The molecule has 0 saturated carbocycles. The van der Waals surface area contributed by atoms with Crippen LogP contribution in [0, 0.1) is 6.92 Å². The molecule has 7 nitrogen and oxygen atoms in total. The lowest BCUT2D eigenvalue weighted by Crippen LogP contribution is -2.37. The van der Waals surface area contributed by atoms with Crippen LogP contribution >= 0.6 is 0 Å². The predicted molar refractivity (Wildman–Crippen MR) is 86.3 cm³/mol. The van der Waals surface area contributed by atoms with Crippen molar-refractivity contribution in [2.75, 3.05) is 6.54 Å². The van der Waals surface area contributed by atoms with Gasteiger partial charge >= 0.3 is 5.69 Å². The third-order valence-electron chi connectivity index (χ3n) is 3.39. The van der Waals surface area contributed by atoms with Gasteiger partial charge < -0.3 is 10.4 Å². The number of nitrogens with zero attached hydrogens (tertiary/aromatic N) is 1. The molecule has 7 heteroatoms. The highest BCUT2D eigenvalue weighted by Crippen LogP contribution is 2.17.